The van der Waals surface area contributed by atoms with E-state index in [9.17, 15) is 14.4 Å². The summed E-state index contributed by atoms with van der Waals surface area (Å²) in [6, 6.07) is 0. The Balaban J connectivity index is 1.77. The summed E-state index contributed by atoms with van der Waals surface area (Å²) in [7, 11) is 0. The third kappa shape index (κ3) is 1.57. The van der Waals surface area contributed by atoms with Crippen LogP contribution in [0.4, 0.5) is 0 Å². The first-order chi connectivity index (χ1) is 12.2. The van der Waals surface area contributed by atoms with Crippen LogP contribution in [0.25, 0.3) is 0 Å². The first kappa shape index (κ1) is 16.3. The molecule has 26 heavy (non-hydrogen) atoms. The van der Waals surface area contributed by atoms with Crippen molar-refractivity contribution in [2.24, 2.45) is 29.1 Å². The van der Waals surface area contributed by atoms with Gasteiger partial charge in [-0.1, -0.05) is 20.8 Å². The zero-order chi connectivity index (χ0) is 18.6. The Bertz CT molecular complexity index is 866. The molecule has 2 fully saturated rings. The summed E-state index contributed by atoms with van der Waals surface area (Å²) >= 11 is 0. The molecule has 7 atom stereocenters. The van der Waals surface area contributed by atoms with Crippen molar-refractivity contribution in [3.63, 3.8) is 0 Å². The molecule has 3 unspecified atom stereocenters. The number of fused-ring (bicyclic) bond motifs is 4. The van der Waals surface area contributed by atoms with Gasteiger partial charge in [0.15, 0.2) is 5.76 Å². The first-order valence-electron chi connectivity index (χ1n) is 9.61. The molecule has 138 valence electrons. The predicted octanol–water partition coefficient (Wildman–Crippen LogP) is 3.55. The predicted molar refractivity (Wildman–Crippen MR) is 91.9 cm³/mol. The maximum Gasteiger partial charge on any atom is 0.342 e. The van der Waals surface area contributed by atoms with Gasteiger partial charge in [-0.05, 0) is 37.5 Å². The SMILES string of the molecule is C[C@@H]1C[C@]2(C)C(=O)CCC2C2C(=O)c3occ4c3[C@@](C)(C21)[C@@H](C)OC4=O. The minimum Gasteiger partial charge on any atom is -0.460 e. The van der Waals surface area contributed by atoms with Gasteiger partial charge in [0.1, 0.15) is 23.7 Å². The molecule has 3 aliphatic carbocycles. The molecule has 0 aromatic carbocycles. The quantitative estimate of drug-likeness (QED) is 0.665. The Kier molecular flexibility index (Phi) is 2.93. The van der Waals surface area contributed by atoms with E-state index in [1.807, 2.05) is 13.8 Å². The molecule has 5 rings (SSSR count). The highest BCUT2D eigenvalue weighted by Gasteiger charge is 2.67. The number of carbonyl (C=O) groups is 3. The van der Waals surface area contributed by atoms with Crippen molar-refractivity contribution in [2.75, 3.05) is 0 Å². The van der Waals surface area contributed by atoms with Crippen molar-refractivity contribution in [1.29, 1.82) is 0 Å². The molecule has 0 bridgehead atoms. The molecule has 0 saturated heterocycles. The number of hydrogen-bond acceptors (Lipinski definition) is 5. The molecule has 0 amide bonds. The fraction of sp³-hybridized carbons (Fsp3) is 0.667. The summed E-state index contributed by atoms with van der Waals surface area (Å²) < 4.78 is 11.3. The minimum absolute atomic E-state index is 0.0203. The van der Waals surface area contributed by atoms with Gasteiger partial charge >= 0.3 is 5.97 Å². The van der Waals surface area contributed by atoms with Crippen LogP contribution in [-0.2, 0) is 14.9 Å². The Hall–Kier alpha value is -1.91. The number of furan rings is 1. The lowest BCUT2D eigenvalue weighted by Gasteiger charge is -2.58. The van der Waals surface area contributed by atoms with E-state index in [0.29, 0.717) is 23.5 Å². The summed E-state index contributed by atoms with van der Waals surface area (Å²) in [5.74, 6) is 0.225. The number of hydrogen-bond donors (Lipinski definition) is 0. The molecule has 0 radical (unpaired) electrons. The van der Waals surface area contributed by atoms with Crippen LogP contribution in [0.2, 0.25) is 0 Å². The number of ether oxygens (including phenoxy) is 1. The van der Waals surface area contributed by atoms with Gasteiger partial charge in [0.05, 0.1) is 0 Å². The summed E-state index contributed by atoms with van der Waals surface area (Å²) in [6.45, 7) is 8.23. The van der Waals surface area contributed by atoms with Gasteiger partial charge in [0.25, 0.3) is 0 Å². The third-order valence-corrected chi connectivity index (χ3v) is 8.21. The molecule has 2 heterocycles. The lowest BCUT2D eigenvalue weighted by atomic mass is 9.45. The van der Waals surface area contributed by atoms with E-state index < -0.39 is 16.8 Å². The Morgan fingerprint density at radius 3 is 2.62 bits per heavy atom. The number of rotatable bonds is 0. The van der Waals surface area contributed by atoms with Gasteiger partial charge in [-0.2, -0.15) is 0 Å². The molecule has 4 aliphatic rings. The summed E-state index contributed by atoms with van der Waals surface area (Å²) in [6.07, 6.45) is 3.17. The van der Waals surface area contributed by atoms with Crippen LogP contribution in [0.5, 0.6) is 0 Å². The molecule has 1 aliphatic heterocycles. The van der Waals surface area contributed by atoms with Crippen molar-refractivity contribution in [3.05, 3.63) is 23.2 Å². The highest BCUT2D eigenvalue weighted by atomic mass is 16.5. The lowest BCUT2D eigenvalue weighted by Crippen LogP contribution is -2.62. The van der Waals surface area contributed by atoms with E-state index in [4.69, 9.17) is 9.15 Å². The topological polar surface area (TPSA) is 73.6 Å². The summed E-state index contributed by atoms with van der Waals surface area (Å²) in [5, 5.41) is 0. The van der Waals surface area contributed by atoms with E-state index >= 15 is 0 Å². The highest BCUT2D eigenvalue weighted by Crippen LogP contribution is 2.64. The van der Waals surface area contributed by atoms with Crippen molar-refractivity contribution in [2.45, 2.75) is 58.5 Å². The number of Topliss-reactive ketones (excluding diaryl/α,β-unsaturated/α-hetero) is 2. The zero-order valence-corrected chi connectivity index (χ0v) is 15.6. The van der Waals surface area contributed by atoms with Gasteiger partial charge in [-0.15, -0.1) is 0 Å². The Morgan fingerprint density at radius 2 is 1.88 bits per heavy atom. The monoisotopic (exact) mass is 356 g/mol. The van der Waals surface area contributed by atoms with E-state index in [0.717, 1.165) is 18.4 Å². The second-order valence-electron chi connectivity index (χ2n) is 9.27. The van der Waals surface area contributed by atoms with Crippen LogP contribution in [0, 0.1) is 29.1 Å². The maximum atomic E-state index is 13.5. The maximum absolute atomic E-state index is 13.5. The third-order valence-electron chi connectivity index (χ3n) is 8.21. The molecule has 0 spiro atoms. The lowest BCUT2D eigenvalue weighted by molar-refractivity contribution is -0.134. The molecule has 5 heteroatoms. The van der Waals surface area contributed by atoms with Gasteiger partial charge in [0.2, 0.25) is 5.78 Å². The second kappa shape index (κ2) is 4.68. The number of cyclic esters (lactones) is 1. The molecule has 2 saturated carbocycles. The van der Waals surface area contributed by atoms with Gasteiger partial charge in [-0.25, -0.2) is 4.79 Å². The first-order valence-corrected chi connectivity index (χ1v) is 9.61. The van der Waals surface area contributed by atoms with Gasteiger partial charge in [0, 0.05) is 28.7 Å². The zero-order valence-electron chi connectivity index (χ0n) is 15.6. The minimum atomic E-state index is -0.462. The van der Waals surface area contributed by atoms with Crippen LogP contribution in [0.1, 0.15) is 73.4 Å². The van der Waals surface area contributed by atoms with Crippen LogP contribution in [-0.4, -0.2) is 23.6 Å². The molecule has 1 aromatic rings. The van der Waals surface area contributed by atoms with Gasteiger partial charge < -0.3 is 9.15 Å². The number of ketones is 2. The molecule has 1 aromatic heterocycles. The Morgan fingerprint density at radius 1 is 1.15 bits per heavy atom. The highest BCUT2D eigenvalue weighted by molar-refractivity contribution is 6.05. The van der Waals surface area contributed by atoms with Crippen molar-refractivity contribution < 1.29 is 23.5 Å². The normalized spacial score (nSPS) is 46.5. The average Bonchev–Trinajstić information content (AvgIpc) is 3.14. The van der Waals surface area contributed by atoms with Crippen LogP contribution < -0.4 is 0 Å². The van der Waals surface area contributed by atoms with Crippen molar-refractivity contribution in [3.8, 4) is 0 Å². The smallest absolute Gasteiger partial charge is 0.342 e. The average molecular weight is 356 g/mol. The van der Waals surface area contributed by atoms with E-state index in [1.54, 1.807) is 0 Å². The summed E-state index contributed by atoms with van der Waals surface area (Å²) in [4.78, 5) is 38.5. The fourth-order valence-corrected chi connectivity index (χ4v) is 7.01. The van der Waals surface area contributed by atoms with Crippen LogP contribution in [0.15, 0.2) is 10.7 Å². The van der Waals surface area contributed by atoms with E-state index in [-0.39, 0.29) is 35.6 Å². The molecular formula is C21H24O5. The van der Waals surface area contributed by atoms with Crippen molar-refractivity contribution in [1.82, 2.24) is 0 Å². The molecule has 5 nitrogen and oxygen atoms in total. The van der Waals surface area contributed by atoms with Crippen LogP contribution in [0.3, 0.4) is 0 Å². The second-order valence-corrected chi connectivity index (χ2v) is 9.27. The number of carbonyl (C=O) groups excluding carboxylic acids is 3. The largest absolute Gasteiger partial charge is 0.460 e. The van der Waals surface area contributed by atoms with Crippen molar-refractivity contribution >= 4 is 17.5 Å². The van der Waals surface area contributed by atoms with E-state index in [2.05, 4.69) is 13.8 Å². The molecular weight excluding hydrogens is 332 g/mol. The van der Waals surface area contributed by atoms with Gasteiger partial charge in [-0.3, -0.25) is 9.59 Å². The standard InChI is InChI=1S/C21H24O5/c1-9-7-20(3)12(5-6-13(20)22)14-15(9)21(4)10(2)26-19(24)11-8-25-18(16(11)21)17(14)23/h8-10,12,14-15H,5-7H2,1-4H3/t9-,10-,12?,14?,15?,20+,21-/m1/s1. The fourth-order valence-electron chi connectivity index (χ4n) is 7.01. The van der Waals surface area contributed by atoms with E-state index in [1.165, 1.54) is 6.26 Å². The number of esters is 1. The Labute approximate surface area is 152 Å². The van der Waals surface area contributed by atoms with Crippen LogP contribution >= 0.6 is 0 Å². The molecule has 0 N–H and O–H groups in total. The summed E-state index contributed by atoms with van der Waals surface area (Å²) in [5.41, 5.74) is 0.257.